The van der Waals surface area contributed by atoms with Gasteiger partial charge in [0.15, 0.2) is 0 Å². The molecule has 6 nitrogen and oxygen atoms in total. The lowest BCUT2D eigenvalue weighted by Crippen LogP contribution is -2.35. The Kier molecular flexibility index (Phi) is 4.47. The van der Waals surface area contributed by atoms with Crippen molar-refractivity contribution in [2.75, 3.05) is 5.32 Å². The van der Waals surface area contributed by atoms with Crippen molar-refractivity contribution < 1.29 is 4.79 Å². The maximum absolute atomic E-state index is 11.8. The van der Waals surface area contributed by atoms with Gasteiger partial charge in [-0.2, -0.15) is 5.10 Å². The molecule has 1 aromatic heterocycles. The number of carbonyl (C=O) groups excluding carboxylic acids is 1. The van der Waals surface area contributed by atoms with Gasteiger partial charge >= 0.3 is 0 Å². The van der Waals surface area contributed by atoms with Crippen molar-refractivity contribution in [3.05, 3.63) is 42.5 Å². The molecule has 0 aliphatic rings. The Morgan fingerprint density at radius 2 is 2.40 bits per heavy atom. The van der Waals surface area contributed by atoms with Gasteiger partial charge in [-0.3, -0.25) is 4.79 Å². The molecule has 0 spiro atoms. The summed E-state index contributed by atoms with van der Waals surface area (Å²) in [7, 11) is 0. The van der Waals surface area contributed by atoms with Crippen LogP contribution in [0.25, 0.3) is 0 Å². The summed E-state index contributed by atoms with van der Waals surface area (Å²) < 4.78 is 1.70. The maximum atomic E-state index is 11.8. The van der Waals surface area contributed by atoms with Crippen molar-refractivity contribution >= 4 is 11.6 Å². The minimum Gasteiger partial charge on any atom is -0.325 e. The molecule has 2 aromatic rings. The number of rotatable bonds is 5. The smallest absolute Gasteiger partial charge is 0.242 e. The molecule has 0 radical (unpaired) electrons. The molecule has 2 rings (SSSR count). The number of nitrogens with zero attached hydrogens (tertiary/aromatic N) is 3. The first kappa shape index (κ1) is 13.8. The third-order valence-electron chi connectivity index (χ3n) is 2.68. The van der Waals surface area contributed by atoms with Crippen LogP contribution in [0.2, 0.25) is 0 Å². The molecule has 0 saturated heterocycles. The quantitative estimate of drug-likeness (QED) is 0.779. The molecule has 1 atom stereocenters. The predicted octanol–water partition coefficient (Wildman–Crippen LogP) is 0.615. The number of anilines is 1. The van der Waals surface area contributed by atoms with Gasteiger partial charge in [0.1, 0.15) is 12.7 Å². The summed E-state index contributed by atoms with van der Waals surface area (Å²) in [6.45, 7) is 0.583. The fraction of sp³-hybridized carbons (Fsp3) is 0.214. The molecule has 0 saturated carbocycles. The fourth-order valence-electron chi connectivity index (χ4n) is 1.70. The summed E-state index contributed by atoms with van der Waals surface area (Å²) in [6, 6.07) is 6.76. The molecule has 3 N–H and O–H groups in total. The summed E-state index contributed by atoms with van der Waals surface area (Å²) in [4.78, 5) is 15.7. The molecule has 1 amide bonds. The average molecular weight is 269 g/mol. The van der Waals surface area contributed by atoms with E-state index in [1.807, 2.05) is 18.2 Å². The highest BCUT2D eigenvalue weighted by molar-refractivity contribution is 5.94. The lowest BCUT2D eigenvalue weighted by molar-refractivity contribution is -0.117. The molecular formula is C14H15N5O. The van der Waals surface area contributed by atoms with Crippen LogP contribution in [0.15, 0.2) is 36.9 Å². The van der Waals surface area contributed by atoms with Gasteiger partial charge in [0, 0.05) is 12.1 Å². The minimum absolute atomic E-state index is 0.213. The largest absolute Gasteiger partial charge is 0.325 e. The Bertz CT molecular complexity index is 615. The van der Waals surface area contributed by atoms with E-state index in [4.69, 9.17) is 12.2 Å². The lowest BCUT2D eigenvalue weighted by Gasteiger charge is -2.10. The van der Waals surface area contributed by atoms with Gasteiger partial charge in [-0.05, 0) is 17.7 Å². The van der Waals surface area contributed by atoms with Crippen molar-refractivity contribution in [1.82, 2.24) is 14.8 Å². The molecule has 102 valence electrons. The van der Waals surface area contributed by atoms with E-state index in [9.17, 15) is 4.79 Å². The van der Waals surface area contributed by atoms with E-state index in [1.54, 1.807) is 17.1 Å². The van der Waals surface area contributed by atoms with E-state index < -0.39 is 6.04 Å². The topological polar surface area (TPSA) is 85.8 Å². The monoisotopic (exact) mass is 269 g/mol. The van der Waals surface area contributed by atoms with Crippen LogP contribution in [0.1, 0.15) is 12.0 Å². The molecular weight excluding hydrogens is 254 g/mol. The van der Waals surface area contributed by atoms with Crippen LogP contribution in [-0.4, -0.2) is 26.7 Å². The SMILES string of the molecule is C#CCC(N)C(=O)Nc1cccc(Cn2cncn2)c1. The van der Waals surface area contributed by atoms with E-state index >= 15 is 0 Å². The third kappa shape index (κ3) is 3.67. The lowest BCUT2D eigenvalue weighted by atomic mass is 10.1. The van der Waals surface area contributed by atoms with Gasteiger partial charge in [-0.25, -0.2) is 9.67 Å². The number of amides is 1. The van der Waals surface area contributed by atoms with Gasteiger partial charge < -0.3 is 11.1 Å². The van der Waals surface area contributed by atoms with Crippen molar-refractivity contribution in [3.8, 4) is 12.3 Å². The summed E-state index contributed by atoms with van der Waals surface area (Å²) in [5, 5.41) is 6.77. The van der Waals surface area contributed by atoms with Crippen LogP contribution in [0, 0.1) is 12.3 Å². The van der Waals surface area contributed by atoms with Crippen LogP contribution in [-0.2, 0) is 11.3 Å². The van der Waals surface area contributed by atoms with Gasteiger partial charge in [-0.1, -0.05) is 12.1 Å². The van der Waals surface area contributed by atoms with E-state index in [1.165, 1.54) is 6.33 Å². The predicted molar refractivity (Wildman–Crippen MR) is 75.6 cm³/mol. The van der Waals surface area contributed by atoms with Crippen molar-refractivity contribution in [2.45, 2.75) is 19.0 Å². The highest BCUT2D eigenvalue weighted by Gasteiger charge is 2.12. The standard InChI is InChI=1S/C14H15N5O/c1-2-4-13(15)14(20)18-12-6-3-5-11(7-12)8-19-10-16-9-17-19/h1,3,5-7,9-10,13H,4,8,15H2,(H,18,20). The Balaban J connectivity index is 2.03. The number of nitrogens with one attached hydrogen (secondary N) is 1. The molecule has 20 heavy (non-hydrogen) atoms. The second kappa shape index (κ2) is 6.50. The normalized spacial score (nSPS) is 11.6. The highest BCUT2D eigenvalue weighted by atomic mass is 16.2. The molecule has 0 bridgehead atoms. The number of benzene rings is 1. The summed E-state index contributed by atoms with van der Waals surface area (Å²) in [5.41, 5.74) is 7.33. The molecule has 0 aliphatic carbocycles. The Labute approximate surface area is 117 Å². The average Bonchev–Trinajstić information content (AvgIpc) is 2.92. The van der Waals surface area contributed by atoms with Gasteiger partial charge in [0.05, 0.1) is 12.6 Å². The molecule has 1 aromatic carbocycles. The molecule has 6 heteroatoms. The maximum Gasteiger partial charge on any atom is 0.242 e. The van der Waals surface area contributed by atoms with Crippen molar-refractivity contribution in [2.24, 2.45) is 5.73 Å². The van der Waals surface area contributed by atoms with E-state index in [-0.39, 0.29) is 12.3 Å². The first-order valence-corrected chi connectivity index (χ1v) is 6.10. The first-order valence-electron chi connectivity index (χ1n) is 6.10. The molecule has 1 heterocycles. The molecule has 0 fully saturated rings. The van der Waals surface area contributed by atoms with Gasteiger partial charge in [0.2, 0.25) is 5.91 Å². The van der Waals surface area contributed by atoms with E-state index in [0.717, 1.165) is 5.56 Å². The van der Waals surface area contributed by atoms with Crippen LogP contribution >= 0.6 is 0 Å². The zero-order chi connectivity index (χ0) is 14.4. The second-order valence-electron chi connectivity index (χ2n) is 4.30. The van der Waals surface area contributed by atoms with Gasteiger partial charge in [0.25, 0.3) is 0 Å². The molecule has 1 unspecified atom stereocenters. The number of terminal acetylenes is 1. The highest BCUT2D eigenvalue weighted by Crippen LogP contribution is 2.12. The Hall–Kier alpha value is -2.65. The fourth-order valence-corrected chi connectivity index (χ4v) is 1.70. The minimum atomic E-state index is -0.695. The van der Waals surface area contributed by atoms with Gasteiger partial charge in [-0.15, -0.1) is 12.3 Å². The molecule has 0 aliphatic heterocycles. The zero-order valence-corrected chi connectivity index (χ0v) is 10.9. The first-order chi connectivity index (χ1) is 9.69. The number of aromatic nitrogens is 3. The number of hydrogen-bond donors (Lipinski definition) is 2. The summed E-state index contributed by atoms with van der Waals surface area (Å²) >= 11 is 0. The number of hydrogen-bond acceptors (Lipinski definition) is 4. The Morgan fingerprint density at radius 3 is 3.10 bits per heavy atom. The number of carbonyl (C=O) groups is 1. The second-order valence-corrected chi connectivity index (χ2v) is 4.30. The van der Waals surface area contributed by atoms with Crippen LogP contribution in [0.3, 0.4) is 0 Å². The van der Waals surface area contributed by atoms with Crippen LogP contribution in [0.5, 0.6) is 0 Å². The van der Waals surface area contributed by atoms with Crippen molar-refractivity contribution in [3.63, 3.8) is 0 Å². The van der Waals surface area contributed by atoms with E-state index in [0.29, 0.717) is 12.2 Å². The zero-order valence-electron chi connectivity index (χ0n) is 10.9. The van der Waals surface area contributed by atoms with E-state index in [2.05, 4.69) is 21.3 Å². The number of nitrogens with two attached hydrogens (primary N) is 1. The van der Waals surface area contributed by atoms with Crippen LogP contribution in [0.4, 0.5) is 5.69 Å². The summed E-state index contributed by atoms with van der Waals surface area (Å²) in [6.07, 6.45) is 8.46. The summed E-state index contributed by atoms with van der Waals surface area (Å²) in [5.74, 6) is 2.08. The van der Waals surface area contributed by atoms with Crippen LogP contribution < -0.4 is 11.1 Å². The Morgan fingerprint density at radius 1 is 1.55 bits per heavy atom. The van der Waals surface area contributed by atoms with Crippen molar-refractivity contribution in [1.29, 1.82) is 0 Å². The third-order valence-corrected chi connectivity index (χ3v) is 2.68.